The molecule has 0 bridgehead atoms. The maximum absolute atomic E-state index is 5.97. The number of H-pyrrole nitrogens is 1. The second-order valence-corrected chi connectivity index (χ2v) is 4.50. The lowest BCUT2D eigenvalue weighted by Gasteiger charge is -1.99. The van der Waals surface area contributed by atoms with Crippen LogP contribution in [0.2, 0.25) is 5.02 Å². The molecule has 0 radical (unpaired) electrons. The van der Waals surface area contributed by atoms with Gasteiger partial charge in [-0.15, -0.1) is 0 Å². The fourth-order valence-electron chi connectivity index (χ4n) is 2.09. The van der Waals surface area contributed by atoms with E-state index < -0.39 is 0 Å². The van der Waals surface area contributed by atoms with E-state index in [4.69, 9.17) is 11.6 Å². The molecule has 2 aromatic carbocycles. The Morgan fingerprint density at radius 2 is 2.00 bits per heavy atom. The van der Waals surface area contributed by atoms with E-state index in [1.54, 1.807) is 0 Å². The largest absolute Gasteiger partial charge is 1.00 e. The summed E-state index contributed by atoms with van der Waals surface area (Å²) in [4.78, 5) is 8.07. The van der Waals surface area contributed by atoms with Crippen LogP contribution in [0.4, 0.5) is 0 Å². The van der Waals surface area contributed by atoms with Crippen LogP contribution >= 0.6 is 11.6 Å². The van der Waals surface area contributed by atoms with Gasteiger partial charge in [0.1, 0.15) is 11.0 Å². The SMILES string of the molecule is CCc1cccc2nc3cc(Cl)ccc3[nH+]c12.[I-]. The van der Waals surface area contributed by atoms with Crippen molar-refractivity contribution in [3.63, 3.8) is 0 Å². The molecule has 1 N–H and O–H groups in total. The minimum Gasteiger partial charge on any atom is -1.00 e. The van der Waals surface area contributed by atoms with E-state index in [0.29, 0.717) is 5.02 Å². The van der Waals surface area contributed by atoms with Gasteiger partial charge >= 0.3 is 0 Å². The van der Waals surface area contributed by atoms with Gasteiger partial charge < -0.3 is 24.0 Å². The lowest BCUT2D eigenvalue weighted by Crippen LogP contribution is -3.00. The highest BCUT2D eigenvalue weighted by Gasteiger charge is 2.10. The monoisotopic (exact) mass is 370 g/mol. The third kappa shape index (κ3) is 2.29. The molecule has 0 aliphatic carbocycles. The fourth-order valence-corrected chi connectivity index (χ4v) is 2.25. The first-order valence-corrected chi connectivity index (χ1v) is 6.06. The number of halogens is 2. The molecule has 0 amide bonds. The number of hydrogen-bond acceptors (Lipinski definition) is 1. The summed E-state index contributed by atoms with van der Waals surface area (Å²) in [6.07, 6.45) is 0.995. The zero-order chi connectivity index (χ0) is 11.8. The maximum atomic E-state index is 5.97. The molecule has 0 unspecified atom stereocenters. The summed E-state index contributed by atoms with van der Waals surface area (Å²) in [5.74, 6) is 0. The summed E-state index contributed by atoms with van der Waals surface area (Å²) in [5, 5.41) is 0.712. The quantitative estimate of drug-likeness (QED) is 0.451. The van der Waals surface area contributed by atoms with Crippen molar-refractivity contribution in [3.8, 4) is 0 Å². The summed E-state index contributed by atoms with van der Waals surface area (Å²) in [5.41, 5.74) is 5.30. The Balaban J connectivity index is 0.00000120. The molecule has 2 nitrogen and oxygen atoms in total. The number of rotatable bonds is 1. The van der Waals surface area contributed by atoms with Crippen molar-refractivity contribution in [1.82, 2.24) is 4.98 Å². The Kier molecular flexibility index (Phi) is 4.02. The second-order valence-electron chi connectivity index (χ2n) is 4.06. The van der Waals surface area contributed by atoms with Gasteiger partial charge in [0, 0.05) is 16.7 Å². The number of nitrogens with one attached hydrogen (secondary N) is 1. The zero-order valence-electron chi connectivity index (χ0n) is 9.87. The molecule has 0 aliphatic rings. The highest BCUT2D eigenvalue weighted by molar-refractivity contribution is 6.31. The van der Waals surface area contributed by atoms with Crippen molar-refractivity contribution < 1.29 is 29.0 Å². The molecule has 18 heavy (non-hydrogen) atoms. The first-order chi connectivity index (χ1) is 8.28. The van der Waals surface area contributed by atoms with Crippen molar-refractivity contribution >= 4 is 33.7 Å². The van der Waals surface area contributed by atoms with Gasteiger partial charge in [-0.2, -0.15) is 0 Å². The van der Waals surface area contributed by atoms with Gasteiger partial charge in [0.25, 0.3) is 0 Å². The molecule has 0 saturated heterocycles. The van der Waals surface area contributed by atoms with Gasteiger partial charge in [-0.05, 0) is 24.6 Å². The third-order valence-corrected chi connectivity index (χ3v) is 3.21. The van der Waals surface area contributed by atoms with Crippen LogP contribution in [0, 0.1) is 0 Å². The molecule has 0 atom stereocenters. The molecule has 92 valence electrons. The normalized spacial score (nSPS) is 10.6. The van der Waals surface area contributed by atoms with Crippen LogP contribution in [-0.4, -0.2) is 4.98 Å². The second kappa shape index (κ2) is 5.36. The minimum absolute atomic E-state index is 0. The van der Waals surface area contributed by atoms with Crippen molar-refractivity contribution in [1.29, 1.82) is 0 Å². The first kappa shape index (κ1) is 13.5. The Labute approximate surface area is 127 Å². The average Bonchev–Trinajstić information content (AvgIpc) is 2.35. The molecule has 3 rings (SSSR count). The molecule has 1 aromatic heterocycles. The topological polar surface area (TPSA) is 27.0 Å². The first-order valence-electron chi connectivity index (χ1n) is 5.68. The van der Waals surface area contributed by atoms with Crippen LogP contribution in [0.3, 0.4) is 0 Å². The van der Waals surface area contributed by atoms with Gasteiger partial charge in [-0.3, -0.25) is 0 Å². The van der Waals surface area contributed by atoms with Crippen LogP contribution in [-0.2, 0) is 6.42 Å². The lowest BCUT2D eigenvalue weighted by molar-refractivity contribution is -0.311. The van der Waals surface area contributed by atoms with Crippen LogP contribution in [0.25, 0.3) is 22.1 Å². The highest BCUT2D eigenvalue weighted by Crippen LogP contribution is 2.19. The van der Waals surface area contributed by atoms with Crippen molar-refractivity contribution in [3.05, 3.63) is 47.0 Å². The van der Waals surface area contributed by atoms with E-state index in [0.717, 1.165) is 28.5 Å². The molecule has 0 aliphatic heterocycles. The zero-order valence-corrected chi connectivity index (χ0v) is 12.8. The summed E-state index contributed by atoms with van der Waals surface area (Å²) < 4.78 is 0. The van der Waals surface area contributed by atoms with Crippen LogP contribution < -0.4 is 29.0 Å². The molecular formula is C14H12ClIN2. The van der Waals surface area contributed by atoms with Gasteiger partial charge in [-0.1, -0.05) is 30.7 Å². The number of fused-ring (bicyclic) bond motifs is 2. The molecular weight excluding hydrogens is 359 g/mol. The van der Waals surface area contributed by atoms with E-state index in [1.807, 2.05) is 30.3 Å². The third-order valence-electron chi connectivity index (χ3n) is 2.97. The van der Waals surface area contributed by atoms with Crippen LogP contribution in [0.15, 0.2) is 36.4 Å². The Hall–Kier alpha value is -0.940. The predicted octanol–water partition coefficient (Wildman–Crippen LogP) is 0.422. The fraction of sp³-hybridized carbons (Fsp3) is 0.143. The predicted molar refractivity (Wildman–Crippen MR) is 70.2 cm³/mol. The highest BCUT2D eigenvalue weighted by atomic mass is 127. The number of benzene rings is 2. The van der Waals surface area contributed by atoms with Crippen LogP contribution in [0.5, 0.6) is 0 Å². The molecule has 0 spiro atoms. The Bertz CT molecular complexity index is 713. The minimum atomic E-state index is 0. The Morgan fingerprint density at radius 3 is 2.78 bits per heavy atom. The van der Waals surface area contributed by atoms with Gasteiger partial charge in [0.15, 0.2) is 0 Å². The van der Waals surface area contributed by atoms with E-state index in [-0.39, 0.29) is 24.0 Å². The van der Waals surface area contributed by atoms with Gasteiger partial charge in [0.05, 0.1) is 0 Å². The van der Waals surface area contributed by atoms with E-state index >= 15 is 0 Å². The van der Waals surface area contributed by atoms with Gasteiger partial charge in [0.2, 0.25) is 11.0 Å². The van der Waals surface area contributed by atoms with Crippen LogP contribution in [0.1, 0.15) is 12.5 Å². The molecule has 1 heterocycles. The van der Waals surface area contributed by atoms with Crippen molar-refractivity contribution in [2.75, 3.05) is 0 Å². The molecule has 3 aromatic rings. The molecule has 0 saturated carbocycles. The van der Waals surface area contributed by atoms with E-state index in [9.17, 15) is 0 Å². The summed E-state index contributed by atoms with van der Waals surface area (Å²) in [7, 11) is 0. The number of aryl methyl sites for hydroxylation is 1. The van der Waals surface area contributed by atoms with Gasteiger partial charge in [-0.25, -0.2) is 9.97 Å². The molecule has 4 heteroatoms. The maximum Gasteiger partial charge on any atom is 0.233 e. The number of nitrogens with zero attached hydrogens (tertiary/aromatic N) is 1. The number of aromatic amines is 1. The smallest absolute Gasteiger partial charge is 0.233 e. The summed E-state index contributed by atoms with van der Waals surface area (Å²) >= 11 is 5.97. The standard InChI is InChI=1S/C14H11ClN2.HI/c1-2-9-4-3-5-12-14(9)17-11-7-6-10(15)8-13(11)16-12;/h3-8H,2H2,1H3;1H. The van der Waals surface area contributed by atoms with E-state index in [2.05, 4.69) is 23.0 Å². The molecule has 0 fully saturated rings. The number of hydrogen-bond donors (Lipinski definition) is 0. The van der Waals surface area contributed by atoms with E-state index in [1.165, 1.54) is 5.56 Å². The average molecular weight is 371 g/mol. The Morgan fingerprint density at radius 1 is 1.17 bits per heavy atom. The number of aromatic nitrogens is 2. The van der Waals surface area contributed by atoms with Crippen molar-refractivity contribution in [2.24, 2.45) is 0 Å². The number of para-hydroxylation sites is 1. The van der Waals surface area contributed by atoms with Crippen molar-refractivity contribution in [2.45, 2.75) is 13.3 Å². The lowest BCUT2D eigenvalue weighted by atomic mass is 10.1. The summed E-state index contributed by atoms with van der Waals surface area (Å²) in [6.45, 7) is 2.15. The summed E-state index contributed by atoms with van der Waals surface area (Å²) in [6, 6.07) is 11.9.